The van der Waals surface area contributed by atoms with Crippen molar-refractivity contribution in [2.24, 2.45) is 0 Å². The molecule has 0 fully saturated rings. The number of rotatable bonds is 46. The molecule has 2 atom stereocenters. The lowest BCUT2D eigenvalue weighted by Crippen LogP contribution is -2.27. The molecule has 0 aromatic heterocycles. The first-order valence-electron chi connectivity index (χ1n) is 25.2. The highest BCUT2D eigenvalue weighted by Gasteiger charge is 2.16. The van der Waals surface area contributed by atoms with Gasteiger partial charge >= 0.3 is 0 Å². The van der Waals surface area contributed by atoms with Gasteiger partial charge in [0.1, 0.15) is 0 Å². The van der Waals surface area contributed by atoms with E-state index in [1.165, 1.54) is 205 Å². The number of nitrogens with zero attached hydrogens (tertiary/aromatic N) is 1. The molecule has 0 radical (unpaired) electrons. The van der Waals surface area contributed by atoms with Gasteiger partial charge in [0.25, 0.3) is 0 Å². The molecule has 4 nitrogen and oxygen atoms in total. The zero-order valence-corrected chi connectivity index (χ0v) is 40.0. The molecule has 6 heteroatoms. The summed E-state index contributed by atoms with van der Waals surface area (Å²) in [7, 11) is 0. The molecule has 0 aliphatic carbocycles. The SMILES string of the molecule is CCCCCCCCC(CCCCCC)SC(=O)CCCCCCCN(CCCCO)CCCCCCCC(=O)SC(CCCCCC)CCCCCCCC. The van der Waals surface area contributed by atoms with Crippen molar-refractivity contribution in [3.63, 3.8) is 0 Å². The zero-order valence-electron chi connectivity index (χ0n) is 38.4. The van der Waals surface area contributed by atoms with Crippen LogP contribution in [0.1, 0.15) is 272 Å². The minimum Gasteiger partial charge on any atom is -0.396 e. The average molecular weight is 826 g/mol. The Balaban J connectivity index is 4.28. The second-order valence-electron chi connectivity index (χ2n) is 17.3. The van der Waals surface area contributed by atoms with Gasteiger partial charge in [-0.3, -0.25) is 9.59 Å². The molecule has 56 heavy (non-hydrogen) atoms. The fourth-order valence-corrected chi connectivity index (χ4v) is 10.4. The fourth-order valence-electron chi connectivity index (χ4n) is 7.97. The Bertz CT molecular complexity index is 751. The Morgan fingerprint density at radius 1 is 0.375 bits per heavy atom. The van der Waals surface area contributed by atoms with Gasteiger partial charge in [0.05, 0.1) is 0 Å². The predicted octanol–water partition coefficient (Wildman–Crippen LogP) is 16.4. The van der Waals surface area contributed by atoms with Crippen LogP contribution in [0.4, 0.5) is 0 Å². The van der Waals surface area contributed by atoms with Crippen molar-refractivity contribution in [2.45, 2.75) is 282 Å². The molecule has 0 heterocycles. The minimum absolute atomic E-state index is 0.291. The largest absolute Gasteiger partial charge is 0.396 e. The van der Waals surface area contributed by atoms with E-state index in [0.717, 1.165) is 58.2 Å². The van der Waals surface area contributed by atoms with Gasteiger partial charge in [-0.1, -0.05) is 218 Å². The van der Waals surface area contributed by atoms with Crippen LogP contribution in [0, 0.1) is 0 Å². The molecular weight excluding hydrogens is 727 g/mol. The summed E-state index contributed by atoms with van der Waals surface area (Å²) >= 11 is 3.40. The maximum absolute atomic E-state index is 12.9. The molecule has 0 bridgehead atoms. The summed E-state index contributed by atoms with van der Waals surface area (Å²) in [6.45, 7) is 12.8. The maximum Gasteiger partial charge on any atom is 0.189 e. The number of carbonyl (C=O) groups is 2. The van der Waals surface area contributed by atoms with Gasteiger partial charge in [-0.25, -0.2) is 0 Å². The number of aliphatic hydroxyl groups is 1. The highest BCUT2D eigenvalue weighted by Crippen LogP contribution is 2.28. The van der Waals surface area contributed by atoms with Crippen LogP contribution in [0.25, 0.3) is 0 Å². The Hall–Kier alpha value is -0.0400. The molecule has 0 aromatic carbocycles. The molecule has 334 valence electrons. The third-order valence-corrected chi connectivity index (χ3v) is 14.3. The second kappa shape index (κ2) is 46.0. The van der Waals surface area contributed by atoms with Gasteiger partial charge < -0.3 is 10.0 Å². The molecule has 0 amide bonds. The normalized spacial score (nSPS) is 12.8. The van der Waals surface area contributed by atoms with Crippen molar-refractivity contribution in [3.05, 3.63) is 0 Å². The maximum atomic E-state index is 12.9. The van der Waals surface area contributed by atoms with E-state index in [4.69, 9.17) is 0 Å². The molecule has 0 spiro atoms. The summed E-state index contributed by atoms with van der Waals surface area (Å²) < 4.78 is 0. The summed E-state index contributed by atoms with van der Waals surface area (Å²) in [5, 5.41) is 11.3. The Morgan fingerprint density at radius 3 is 0.982 bits per heavy atom. The molecule has 0 aliphatic rings. The van der Waals surface area contributed by atoms with Crippen LogP contribution in [-0.2, 0) is 9.59 Å². The summed E-state index contributed by atoms with van der Waals surface area (Å²) in [5.41, 5.74) is 0. The monoisotopic (exact) mass is 826 g/mol. The molecule has 0 rings (SSSR count). The minimum atomic E-state index is 0.291. The molecule has 1 N–H and O–H groups in total. The van der Waals surface area contributed by atoms with Gasteiger partial charge in [0.15, 0.2) is 10.2 Å². The summed E-state index contributed by atoms with van der Waals surface area (Å²) in [6.07, 6.45) is 46.7. The molecule has 0 aliphatic heterocycles. The lowest BCUT2D eigenvalue weighted by molar-refractivity contribution is -0.111. The quantitative estimate of drug-likeness (QED) is 0.0617. The van der Waals surface area contributed by atoms with Crippen LogP contribution in [0.15, 0.2) is 0 Å². The molecule has 2 unspecified atom stereocenters. The van der Waals surface area contributed by atoms with Crippen molar-refractivity contribution in [1.29, 1.82) is 0 Å². The highest BCUT2D eigenvalue weighted by atomic mass is 32.2. The summed E-state index contributed by atoms with van der Waals surface area (Å²) in [6, 6.07) is 0. The van der Waals surface area contributed by atoms with Gasteiger partial charge in [0, 0.05) is 29.9 Å². The van der Waals surface area contributed by atoms with E-state index in [0.29, 0.717) is 27.3 Å². The van der Waals surface area contributed by atoms with Gasteiger partial charge in [0.2, 0.25) is 0 Å². The van der Waals surface area contributed by atoms with Crippen LogP contribution in [-0.4, -0.2) is 57.0 Å². The van der Waals surface area contributed by atoms with Crippen LogP contribution >= 0.6 is 23.5 Å². The van der Waals surface area contributed by atoms with E-state index in [1.54, 1.807) is 23.5 Å². The number of thioether (sulfide) groups is 2. The van der Waals surface area contributed by atoms with E-state index < -0.39 is 0 Å². The van der Waals surface area contributed by atoms with Crippen LogP contribution in [0.5, 0.6) is 0 Å². The number of hydrogen-bond donors (Lipinski definition) is 1. The lowest BCUT2D eigenvalue weighted by Gasteiger charge is -2.22. The lowest BCUT2D eigenvalue weighted by atomic mass is 10.0. The third-order valence-electron chi connectivity index (χ3n) is 11.7. The number of unbranched alkanes of at least 4 members (excludes halogenated alkanes) is 25. The zero-order chi connectivity index (χ0) is 41.0. The highest BCUT2D eigenvalue weighted by molar-refractivity contribution is 8.14. The van der Waals surface area contributed by atoms with Gasteiger partial charge in [-0.15, -0.1) is 0 Å². The summed E-state index contributed by atoms with van der Waals surface area (Å²) in [5.74, 6) is 0. The number of aliphatic hydroxyl groups excluding tert-OH is 1. The smallest absolute Gasteiger partial charge is 0.189 e. The molecule has 0 aromatic rings. The standard InChI is InChI=1S/C50H99NO3S2/c1-5-9-13-17-21-29-39-47(37-27-15-11-7-3)55-49(53)41-31-23-19-25-33-43-51(45-35-36-46-52)44-34-26-20-24-32-42-50(54)56-48(38-28-16-12-8-4)40-30-22-18-14-10-6-2/h47-48,52H,5-46H2,1-4H3. The third kappa shape index (κ3) is 40.7. The fraction of sp³-hybridized carbons (Fsp3) is 0.960. The van der Waals surface area contributed by atoms with Crippen molar-refractivity contribution in [1.82, 2.24) is 4.90 Å². The first-order chi connectivity index (χ1) is 27.5. The van der Waals surface area contributed by atoms with Crippen LogP contribution in [0.2, 0.25) is 0 Å². The van der Waals surface area contributed by atoms with Gasteiger partial charge in [-0.2, -0.15) is 0 Å². The summed E-state index contributed by atoms with van der Waals surface area (Å²) in [4.78, 5) is 28.4. The predicted molar refractivity (Wildman–Crippen MR) is 254 cm³/mol. The van der Waals surface area contributed by atoms with Crippen molar-refractivity contribution < 1.29 is 14.7 Å². The Labute approximate surface area is 360 Å². The Kier molecular flexibility index (Phi) is 46.0. The van der Waals surface area contributed by atoms with E-state index >= 15 is 0 Å². The molecule has 0 saturated carbocycles. The molecular formula is C50H99NO3S2. The van der Waals surface area contributed by atoms with Crippen molar-refractivity contribution in [3.8, 4) is 0 Å². The number of carbonyl (C=O) groups excluding carboxylic acids is 2. The van der Waals surface area contributed by atoms with E-state index in [9.17, 15) is 14.7 Å². The first-order valence-corrected chi connectivity index (χ1v) is 27.0. The topological polar surface area (TPSA) is 57.6 Å². The molecule has 0 saturated heterocycles. The number of hydrogen-bond acceptors (Lipinski definition) is 6. The second-order valence-corrected chi connectivity index (χ2v) is 20.1. The van der Waals surface area contributed by atoms with Crippen LogP contribution in [0.3, 0.4) is 0 Å². The van der Waals surface area contributed by atoms with Crippen LogP contribution < -0.4 is 0 Å². The van der Waals surface area contributed by atoms with Crippen molar-refractivity contribution >= 4 is 33.8 Å². The van der Waals surface area contributed by atoms with E-state index in [1.807, 2.05) is 0 Å². The van der Waals surface area contributed by atoms with Gasteiger partial charge in [-0.05, 0) is 83.8 Å². The Morgan fingerprint density at radius 2 is 0.643 bits per heavy atom. The van der Waals surface area contributed by atoms with E-state index in [-0.39, 0.29) is 0 Å². The van der Waals surface area contributed by atoms with Crippen molar-refractivity contribution in [2.75, 3.05) is 26.2 Å². The average Bonchev–Trinajstić information content (AvgIpc) is 3.19. The van der Waals surface area contributed by atoms with E-state index in [2.05, 4.69) is 32.6 Å². The first kappa shape index (κ1) is 56.0.